The molecule has 0 radical (unpaired) electrons. The summed E-state index contributed by atoms with van der Waals surface area (Å²) in [7, 11) is 0. The third kappa shape index (κ3) is 1.76. The number of aromatic nitrogens is 4. The van der Waals surface area contributed by atoms with Crippen LogP contribution in [-0.4, -0.2) is 19.4 Å². The second-order valence-electron chi connectivity index (χ2n) is 4.40. The summed E-state index contributed by atoms with van der Waals surface area (Å²) in [6.07, 6.45) is 0. The van der Waals surface area contributed by atoms with Crippen molar-refractivity contribution < 1.29 is 4.63 Å². The number of fused-ring (bicyclic) bond motifs is 1. The maximum Gasteiger partial charge on any atom is 0.329 e. The fourth-order valence-electron chi connectivity index (χ4n) is 2.27. The number of nitrogens with zero attached hydrogens (tertiary/aromatic N) is 4. The second kappa shape index (κ2) is 4.38. The minimum atomic E-state index is -0.0360. The summed E-state index contributed by atoms with van der Waals surface area (Å²) in [6.45, 7) is 4.79. The number of rotatable bonds is 3. The van der Waals surface area contributed by atoms with E-state index in [2.05, 4.69) is 14.9 Å². The lowest BCUT2D eigenvalue weighted by Crippen LogP contribution is -2.24. The molecule has 6 nitrogen and oxygen atoms in total. The molecule has 0 aliphatic heterocycles. The zero-order valence-corrected chi connectivity index (χ0v) is 10.8. The molecule has 0 N–H and O–H groups in total. The van der Waals surface area contributed by atoms with E-state index in [1.54, 1.807) is 9.13 Å². The lowest BCUT2D eigenvalue weighted by molar-refractivity contribution is 0.300. The first-order valence-corrected chi connectivity index (χ1v) is 6.18. The molecule has 19 heavy (non-hydrogen) atoms. The van der Waals surface area contributed by atoms with Crippen LogP contribution in [0.5, 0.6) is 0 Å². The van der Waals surface area contributed by atoms with Gasteiger partial charge < -0.3 is 0 Å². The van der Waals surface area contributed by atoms with E-state index >= 15 is 0 Å². The van der Waals surface area contributed by atoms with Crippen molar-refractivity contribution in [1.29, 1.82) is 0 Å². The Labute approximate surface area is 109 Å². The van der Waals surface area contributed by atoms with E-state index in [4.69, 9.17) is 0 Å². The van der Waals surface area contributed by atoms with Crippen molar-refractivity contribution in [1.82, 2.24) is 19.4 Å². The summed E-state index contributed by atoms with van der Waals surface area (Å²) in [4.78, 5) is 12.4. The van der Waals surface area contributed by atoms with E-state index in [-0.39, 0.29) is 5.69 Å². The SMILES string of the molecule is CCn1c(=O)n(Cc2nonc2C)c2ccccc21. The van der Waals surface area contributed by atoms with Crippen molar-refractivity contribution in [2.75, 3.05) is 0 Å². The maximum absolute atomic E-state index is 12.4. The number of imidazole rings is 1. The van der Waals surface area contributed by atoms with Gasteiger partial charge in [-0.25, -0.2) is 9.42 Å². The summed E-state index contributed by atoms with van der Waals surface area (Å²) >= 11 is 0. The van der Waals surface area contributed by atoms with Gasteiger partial charge in [-0.1, -0.05) is 22.4 Å². The van der Waals surface area contributed by atoms with Crippen molar-refractivity contribution in [3.8, 4) is 0 Å². The molecule has 0 fully saturated rings. The van der Waals surface area contributed by atoms with Crippen LogP contribution in [0.4, 0.5) is 0 Å². The van der Waals surface area contributed by atoms with E-state index in [0.717, 1.165) is 11.0 Å². The molecule has 2 heterocycles. The predicted octanol–water partition coefficient (Wildman–Crippen LogP) is 1.56. The predicted molar refractivity (Wildman–Crippen MR) is 70.0 cm³/mol. The van der Waals surface area contributed by atoms with Crippen molar-refractivity contribution in [3.05, 3.63) is 46.1 Å². The highest BCUT2D eigenvalue weighted by Gasteiger charge is 2.14. The summed E-state index contributed by atoms with van der Waals surface area (Å²) < 4.78 is 8.13. The number of para-hydroxylation sites is 2. The van der Waals surface area contributed by atoms with E-state index < -0.39 is 0 Å². The molecule has 0 aliphatic carbocycles. The van der Waals surface area contributed by atoms with Crippen molar-refractivity contribution in [3.63, 3.8) is 0 Å². The number of benzene rings is 1. The third-order valence-electron chi connectivity index (χ3n) is 3.30. The summed E-state index contributed by atoms with van der Waals surface area (Å²) in [5, 5.41) is 7.58. The van der Waals surface area contributed by atoms with Crippen LogP contribution in [0.2, 0.25) is 0 Å². The van der Waals surface area contributed by atoms with E-state index in [1.807, 2.05) is 38.1 Å². The van der Waals surface area contributed by atoms with Crippen LogP contribution in [0.1, 0.15) is 18.3 Å². The second-order valence-corrected chi connectivity index (χ2v) is 4.40. The molecule has 3 rings (SSSR count). The van der Waals surface area contributed by atoms with Crippen LogP contribution < -0.4 is 5.69 Å². The van der Waals surface area contributed by atoms with E-state index in [9.17, 15) is 4.79 Å². The van der Waals surface area contributed by atoms with Crippen LogP contribution in [0.25, 0.3) is 11.0 Å². The average molecular weight is 258 g/mol. The molecule has 1 aromatic carbocycles. The molecular formula is C13H14N4O2. The van der Waals surface area contributed by atoms with E-state index in [0.29, 0.717) is 24.5 Å². The fourth-order valence-corrected chi connectivity index (χ4v) is 2.27. The van der Waals surface area contributed by atoms with Gasteiger partial charge in [0.2, 0.25) is 0 Å². The summed E-state index contributed by atoms with van der Waals surface area (Å²) in [5.74, 6) is 0. The Kier molecular flexibility index (Phi) is 2.70. The number of aryl methyl sites for hydroxylation is 2. The molecule has 0 amide bonds. The highest BCUT2D eigenvalue weighted by molar-refractivity contribution is 5.76. The Morgan fingerprint density at radius 2 is 1.84 bits per heavy atom. The summed E-state index contributed by atoms with van der Waals surface area (Å²) in [6, 6.07) is 7.74. The van der Waals surface area contributed by atoms with Gasteiger partial charge in [-0.2, -0.15) is 0 Å². The van der Waals surface area contributed by atoms with Gasteiger partial charge in [-0.15, -0.1) is 0 Å². The summed E-state index contributed by atoms with van der Waals surface area (Å²) in [5.41, 5.74) is 3.19. The minimum absolute atomic E-state index is 0.0360. The van der Waals surface area contributed by atoms with Crippen molar-refractivity contribution in [2.24, 2.45) is 0 Å². The quantitative estimate of drug-likeness (QED) is 0.715. The maximum atomic E-state index is 12.4. The van der Waals surface area contributed by atoms with Crippen molar-refractivity contribution in [2.45, 2.75) is 26.9 Å². The molecule has 0 spiro atoms. The standard InChI is InChI=1S/C13H14N4O2/c1-3-16-11-6-4-5-7-12(11)17(13(16)18)8-10-9(2)14-19-15-10/h4-7H,3,8H2,1-2H3. The largest absolute Gasteiger partial charge is 0.329 e. The smallest absolute Gasteiger partial charge is 0.292 e. The van der Waals surface area contributed by atoms with Crippen LogP contribution in [0, 0.1) is 6.92 Å². The molecule has 0 bridgehead atoms. The third-order valence-corrected chi connectivity index (χ3v) is 3.30. The molecule has 0 aliphatic rings. The molecule has 2 aromatic heterocycles. The molecule has 0 unspecified atom stereocenters. The Bertz CT molecular complexity index is 781. The van der Waals surface area contributed by atoms with Gasteiger partial charge in [0.1, 0.15) is 11.4 Å². The Hall–Kier alpha value is -2.37. The van der Waals surface area contributed by atoms with Gasteiger partial charge in [0.15, 0.2) is 0 Å². The van der Waals surface area contributed by atoms with Crippen LogP contribution >= 0.6 is 0 Å². The van der Waals surface area contributed by atoms with Gasteiger partial charge in [-0.3, -0.25) is 9.13 Å². The average Bonchev–Trinajstić information content (AvgIpc) is 2.93. The zero-order valence-electron chi connectivity index (χ0n) is 10.8. The van der Waals surface area contributed by atoms with Gasteiger partial charge in [-0.05, 0) is 26.0 Å². The Morgan fingerprint density at radius 3 is 2.42 bits per heavy atom. The van der Waals surface area contributed by atoms with Gasteiger partial charge >= 0.3 is 5.69 Å². The molecule has 0 atom stereocenters. The number of hydrogen-bond acceptors (Lipinski definition) is 4. The van der Waals surface area contributed by atoms with Gasteiger partial charge in [0, 0.05) is 6.54 Å². The molecular weight excluding hydrogens is 244 g/mol. The molecule has 0 saturated carbocycles. The Morgan fingerprint density at radius 1 is 1.16 bits per heavy atom. The first-order chi connectivity index (χ1) is 9.22. The van der Waals surface area contributed by atoms with Crippen LogP contribution in [0.15, 0.2) is 33.7 Å². The monoisotopic (exact) mass is 258 g/mol. The van der Waals surface area contributed by atoms with Crippen molar-refractivity contribution >= 4 is 11.0 Å². The lowest BCUT2D eigenvalue weighted by atomic mass is 10.3. The zero-order chi connectivity index (χ0) is 13.4. The molecule has 6 heteroatoms. The first kappa shape index (κ1) is 11.7. The van der Waals surface area contributed by atoms with Crippen LogP contribution in [0.3, 0.4) is 0 Å². The van der Waals surface area contributed by atoms with Gasteiger partial charge in [0.25, 0.3) is 0 Å². The minimum Gasteiger partial charge on any atom is -0.292 e. The van der Waals surface area contributed by atoms with Crippen LogP contribution in [-0.2, 0) is 13.1 Å². The highest BCUT2D eigenvalue weighted by Crippen LogP contribution is 2.14. The molecule has 3 aromatic rings. The first-order valence-electron chi connectivity index (χ1n) is 6.18. The Balaban J connectivity index is 2.21. The number of hydrogen-bond donors (Lipinski definition) is 0. The fraction of sp³-hybridized carbons (Fsp3) is 0.308. The van der Waals surface area contributed by atoms with E-state index in [1.165, 1.54) is 0 Å². The lowest BCUT2D eigenvalue weighted by Gasteiger charge is -1.99. The normalized spacial score (nSPS) is 11.3. The highest BCUT2D eigenvalue weighted by atomic mass is 16.6. The molecule has 98 valence electrons. The van der Waals surface area contributed by atoms with Gasteiger partial charge in [0.05, 0.1) is 17.6 Å². The molecule has 0 saturated heterocycles. The topological polar surface area (TPSA) is 65.8 Å².